The number of nitrogens with zero attached hydrogens (tertiary/aromatic N) is 2. The molecule has 0 saturated carbocycles. The first kappa shape index (κ1) is 19.0. The minimum absolute atomic E-state index is 0.521. The van der Waals surface area contributed by atoms with Gasteiger partial charge in [0.15, 0.2) is 0 Å². The van der Waals surface area contributed by atoms with Crippen LogP contribution in [-0.2, 0) is 19.7 Å². The molecule has 0 aliphatic rings. The van der Waals surface area contributed by atoms with Gasteiger partial charge in [-0.3, -0.25) is 4.90 Å². The summed E-state index contributed by atoms with van der Waals surface area (Å²) in [6.07, 6.45) is 2.10. The van der Waals surface area contributed by atoms with Crippen molar-refractivity contribution < 1.29 is 4.74 Å². The summed E-state index contributed by atoms with van der Waals surface area (Å²) in [5, 5.41) is 3.14. The lowest BCUT2D eigenvalue weighted by Crippen LogP contribution is -2.17. The molecule has 1 heterocycles. The molecule has 3 rings (SSSR count). The van der Waals surface area contributed by atoms with E-state index in [0.717, 1.165) is 29.5 Å². The summed E-state index contributed by atoms with van der Waals surface area (Å²) in [5.41, 5.74) is 3.66. The highest BCUT2D eigenvalue weighted by molar-refractivity contribution is 7.98. The van der Waals surface area contributed by atoms with Gasteiger partial charge in [-0.25, -0.2) is 4.98 Å². The molecule has 0 atom stereocenters. The van der Waals surface area contributed by atoms with Gasteiger partial charge in [0.25, 0.3) is 0 Å². The van der Waals surface area contributed by atoms with E-state index in [2.05, 4.69) is 66.9 Å². The first-order valence-electron chi connectivity index (χ1n) is 8.56. The summed E-state index contributed by atoms with van der Waals surface area (Å²) in [5.74, 6) is 0.887. The second kappa shape index (κ2) is 9.21. The zero-order valence-corrected chi connectivity index (χ0v) is 17.1. The zero-order chi connectivity index (χ0) is 18.4. The first-order chi connectivity index (χ1) is 12.6. The standard InChI is InChI=1S/C21H24N2OS2/c1-16-4-8-19(9-5-16)24-14-21-22-18(15-26-21)13-23(2)12-17-6-10-20(25-3)11-7-17/h4-11,15H,12-14H2,1-3H3. The topological polar surface area (TPSA) is 25.4 Å². The summed E-state index contributed by atoms with van der Waals surface area (Å²) in [4.78, 5) is 8.29. The SMILES string of the molecule is CSc1ccc(CN(C)Cc2csc(COc3ccc(C)cc3)n2)cc1. The number of rotatable bonds is 8. The van der Waals surface area contributed by atoms with Gasteiger partial charge < -0.3 is 4.74 Å². The van der Waals surface area contributed by atoms with Crippen molar-refractivity contribution in [3.8, 4) is 5.75 Å². The van der Waals surface area contributed by atoms with Crippen LogP contribution in [0.15, 0.2) is 58.8 Å². The second-order valence-electron chi connectivity index (χ2n) is 6.35. The number of hydrogen-bond acceptors (Lipinski definition) is 5. The Bertz CT molecular complexity index is 813. The van der Waals surface area contributed by atoms with Crippen LogP contribution in [0.25, 0.3) is 0 Å². The van der Waals surface area contributed by atoms with Crippen LogP contribution >= 0.6 is 23.1 Å². The lowest BCUT2D eigenvalue weighted by Gasteiger charge is -2.15. The van der Waals surface area contributed by atoms with E-state index in [1.165, 1.54) is 16.0 Å². The van der Waals surface area contributed by atoms with Crippen molar-refractivity contribution in [2.24, 2.45) is 0 Å². The van der Waals surface area contributed by atoms with Gasteiger partial charge in [0, 0.05) is 23.4 Å². The monoisotopic (exact) mass is 384 g/mol. The summed E-state index contributed by atoms with van der Waals surface area (Å²) in [7, 11) is 2.13. The predicted molar refractivity (Wildman–Crippen MR) is 111 cm³/mol. The van der Waals surface area contributed by atoms with Crippen LogP contribution in [-0.4, -0.2) is 23.2 Å². The van der Waals surface area contributed by atoms with E-state index in [-0.39, 0.29) is 0 Å². The van der Waals surface area contributed by atoms with Gasteiger partial charge in [-0.15, -0.1) is 23.1 Å². The Morgan fingerprint density at radius 2 is 1.77 bits per heavy atom. The average Bonchev–Trinajstić information content (AvgIpc) is 3.09. The fourth-order valence-electron chi connectivity index (χ4n) is 2.64. The van der Waals surface area contributed by atoms with Gasteiger partial charge in [-0.1, -0.05) is 29.8 Å². The largest absolute Gasteiger partial charge is 0.486 e. The van der Waals surface area contributed by atoms with Gasteiger partial charge >= 0.3 is 0 Å². The highest BCUT2D eigenvalue weighted by atomic mass is 32.2. The lowest BCUT2D eigenvalue weighted by molar-refractivity contribution is 0.301. The minimum Gasteiger partial charge on any atom is -0.486 e. The van der Waals surface area contributed by atoms with E-state index in [9.17, 15) is 0 Å². The van der Waals surface area contributed by atoms with Crippen LogP contribution in [0.4, 0.5) is 0 Å². The van der Waals surface area contributed by atoms with Crippen LogP contribution in [0.1, 0.15) is 21.8 Å². The van der Waals surface area contributed by atoms with Crippen molar-refractivity contribution >= 4 is 23.1 Å². The van der Waals surface area contributed by atoms with Crippen molar-refractivity contribution in [2.75, 3.05) is 13.3 Å². The summed E-state index contributed by atoms with van der Waals surface area (Å²) >= 11 is 3.43. The highest BCUT2D eigenvalue weighted by Gasteiger charge is 2.07. The third-order valence-corrected chi connectivity index (χ3v) is 5.64. The fraction of sp³-hybridized carbons (Fsp3) is 0.286. The maximum absolute atomic E-state index is 5.82. The molecule has 0 unspecified atom stereocenters. The van der Waals surface area contributed by atoms with E-state index in [0.29, 0.717) is 6.61 Å². The molecule has 3 nitrogen and oxygen atoms in total. The molecule has 0 amide bonds. The number of aromatic nitrogens is 1. The Labute approximate surface area is 164 Å². The Balaban J connectivity index is 1.49. The maximum Gasteiger partial charge on any atom is 0.140 e. The van der Waals surface area contributed by atoms with Gasteiger partial charge in [-0.2, -0.15) is 0 Å². The van der Waals surface area contributed by atoms with Gasteiger partial charge in [0.2, 0.25) is 0 Å². The smallest absolute Gasteiger partial charge is 0.140 e. The quantitative estimate of drug-likeness (QED) is 0.487. The van der Waals surface area contributed by atoms with Crippen LogP contribution in [0.5, 0.6) is 5.75 Å². The van der Waals surface area contributed by atoms with Gasteiger partial charge in [0.05, 0.1) is 5.69 Å². The van der Waals surface area contributed by atoms with Gasteiger partial charge in [0.1, 0.15) is 17.4 Å². The molecule has 3 aromatic rings. The molecule has 0 N–H and O–H groups in total. The predicted octanol–water partition coefficient (Wildman–Crippen LogP) is 5.38. The molecule has 0 saturated heterocycles. The normalized spacial score (nSPS) is 11.1. The summed E-state index contributed by atoms with van der Waals surface area (Å²) in [6, 6.07) is 16.9. The van der Waals surface area contributed by atoms with Crippen molar-refractivity contribution in [3.05, 3.63) is 75.7 Å². The van der Waals surface area contributed by atoms with Crippen molar-refractivity contribution in [1.82, 2.24) is 9.88 Å². The molecule has 0 spiro atoms. The molecule has 5 heteroatoms. The van der Waals surface area contributed by atoms with E-state index >= 15 is 0 Å². The van der Waals surface area contributed by atoms with Crippen LogP contribution in [0.2, 0.25) is 0 Å². The first-order valence-corrected chi connectivity index (χ1v) is 10.7. The molecular weight excluding hydrogens is 360 g/mol. The van der Waals surface area contributed by atoms with Crippen molar-refractivity contribution in [3.63, 3.8) is 0 Å². The number of ether oxygens (including phenoxy) is 1. The molecule has 0 aliphatic heterocycles. The van der Waals surface area contributed by atoms with E-state index in [1.54, 1.807) is 23.1 Å². The number of hydrogen-bond donors (Lipinski definition) is 0. The highest BCUT2D eigenvalue weighted by Crippen LogP contribution is 2.18. The summed E-state index contributed by atoms with van der Waals surface area (Å²) in [6.45, 7) is 4.35. The Hall–Kier alpha value is -1.82. The van der Waals surface area contributed by atoms with Crippen LogP contribution in [0, 0.1) is 6.92 Å². The van der Waals surface area contributed by atoms with Crippen molar-refractivity contribution in [1.29, 1.82) is 0 Å². The number of benzene rings is 2. The van der Waals surface area contributed by atoms with Crippen LogP contribution < -0.4 is 4.74 Å². The Morgan fingerprint density at radius 3 is 2.46 bits per heavy atom. The molecule has 1 aromatic heterocycles. The lowest BCUT2D eigenvalue weighted by atomic mass is 10.2. The molecule has 136 valence electrons. The molecular formula is C21H24N2OS2. The molecule has 0 bridgehead atoms. The molecule has 2 aromatic carbocycles. The van der Waals surface area contributed by atoms with Crippen LogP contribution in [0.3, 0.4) is 0 Å². The third kappa shape index (κ3) is 5.59. The van der Waals surface area contributed by atoms with E-state index in [4.69, 9.17) is 9.72 Å². The average molecular weight is 385 g/mol. The number of aryl methyl sites for hydroxylation is 1. The van der Waals surface area contributed by atoms with Gasteiger partial charge in [-0.05, 0) is 50.1 Å². The fourth-order valence-corrected chi connectivity index (χ4v) is 3.75. The molecule has 0 fully saturated rings. The summed E-state index contributed by atoms with van der Waals surface area (Å²) < 4.78 is 5.82. The molecule has 0 aliphatic carbocycles. The van der Waals surface area contributed by atoms with E-state index < -0.39 is 0 Å². The molecule has 26 heavy (non-hydrogen) atoms. The van der Waals surface area contributed by atoms with E-state index in [1.807, 2.05) is 12.1 Å². The maximum atomic E-state index is 5.82. The number of thioether (sulfide) groups is 1. The Morgan fingerprint density at radius 1 is 1.04 bits per heavy atom. The second-order valence-corrected chi connectivity index (χ2v) is 8.18. The minimum atomic E-state index is 0.521. The molecule has 0 radical (unpaired) electrons. The zero-order valence-electron chi connectivity index (χ0n) is 15.4. The van der Waals surface area contributed by atoms with Crippen molar-refractivity contribution in [2.45, 2.75) is 31.5 Å². The number of thiazole rings is 1. The Kier molecular flexibility index (Phi) is 6.72. The third-order valence-electron chi connectivity index (χ3n) is 4.03.